The summed E-state index contributed by atoms with van der Waals surface area (Å²) in [5, 5.41) is 0. The summed E-state index contributed by atoms with van der Waals surface area (Å²) in [4.78, 5) is 0. The van der Waals surface area contributed by atoms with Crippen LogP contribution in [0.3, 0.4) is 0 Å². The van der Waals surface area contributed by atoms with Crippen molar-refractivity contribution in [3.8, 4) is 0 Å². The molecule has 0 saturated heterocycles. The van der Waals surface area contributed by atoms with Crippen LogP contribution in [0.25, 0.3) is 0 Å². The molecule has 0 unspecified atom stereocenters. The molecule has 0 saturated carbocycles. The Balaban J connectivity index is 2.38. The Bertz CT molecular complexity index is 447. The van der Waals surface area contributed by atoms with E-state index in [4.69, 9.17) is 4.74 Å². The highest BCUT2D eigenvalue weighted by atomic mass is 16.5. The van der Waals surface area contributed by atoms with E-state index in [1.165, 1.54) is 16.7 Å². The summed E-state index contributed by atoms with van der Waals surface area (Å²) >= 11 is 0. The average molecular weight is 186 g/mol. The number of fused-ring (bicyclic) bond motifs is 5. The minimum atomic E-state index is -0.185. The van der Waals surface area contributed by atoms with Gasteiger partial charge in [-0.05, 0) is 49.6 Å². The van der Waals surface area contributed by atoms with Crippen LogP contribution >= 0.6 is 0 Å². The maximum absolute atomic E-state index is 6.09. The van der Waals surface area contributed by atoms with Crippen LogP contribution in [-0.2, 0) is 15.9 Å². The van der Waals surface area contributed by atoms with E-state index in [1.807, 2.05) is 0 Å². The molecule has 0 amide bonds. The Kier molecular flexibility index (Phi) is 1.25. The van der Waals surface area contributed by atoms with Gasteiger partial charge in [0.2, 0.25) is 0 Å². The van der Waals surface area contributed by atoms with Crippen LogP contribution in [-0.4, -0.2) is 0 Å². The molecular formula is C13H14O. The van der Waals surface area contributed by atoms with Gasteiger partial charge in [-0.2, -0.15) is 0 Å². The van der Waals surface area contributed by atoms with Gasteiger partial charge in [-0.25, -0.2) is 0 Å². The first-order chi connectivity index (χ1) is 6.55. The third-order valence-corrected chi connectivity index (χ3v) is 3.45. The summed E-state index contributed by atoms with van der Waals surface area (Å²) in [7, 11) is 0. The largest absolute Gasteiger partial charge is 0.351 e. The lowest BCUT2D eigenvalue weighted by atomic mass is 9.81. The predicted octanol–water partition coefficient (Wildman–Crippen LogP) is 3.03. The lowest BCUT2D eigenvalue weighted by Gasteiger charge is -2.19. The summed E-state index contributed by atoms with van der Waals surface area (Å²) in [5.74, 6) is 0. The van der Waals surface area contributed by atoms with Crippen LogP contribution in [0.5, 0.6) is 0 Å². The minimum Gasteiger partial charge on any atom is -0.351 e. The van der Waals surface area contributed by atoms with Crippen molar-refractivity contribution in [3.63, 3.8) is 0 Å². The molecule has 3 rings (SSSR count). The van der Waals surface area contributed by atoms with E-state index in [2.05, 4.69) is 51.1 Å². The highest BCUT2D eigenvalue weighted by Crippen LogP contribution is 2.54. The minimum absolute atomic E-state index is 0.184. The molecular weight excluding hydrogens is 172 g/mol. The van der Waals surface area contributed by atoms with Gasteiger partial charge in [-0.15, -0.1) is 0 Å². The van der Waals surface area contributed by atoms with Gasteiger partial charge in [0, 0.05) is 0 Å². The summed E-state index contributed by atoms with van der Waals surface area (Å²) in [6.45, 7) is 6.44. The van der Waals surface area contributed by atoms with Crippen molar-refractivity contribution in [1.82, 2.24) is 0 Å². The van der Waals surface area contributed by atoms with Crippen molar-refractivity contribution < 1.29 is 4.74 Å². The number of hydrogen-bond acceptors (Lipinski definition) is 1. The zero-order chi connectivity index (χ0) is 9.97. The lowest BCUT2D eigenvalue weighted by molar-refractivity contribution is -0.0496. The molecule has 72 valence electrons. The monoisotopic (exact) mass is 186 g/mol. The van der Waals surface area contributed by atoms with Crippen molar-refractivity contribution in [2.75, 3.05) is 0 Å². The van der Waals surface area contributed by atoms with Crippen molar-refractivity contribution >= 4 is 0 Å². The fourth-order valence-electron chi connectivity index (χ4n) is 2.85. The van der Waals surface area contributed by atoms with E-state index in [9.17, 15) is 0 Å². The molecule has 2 bridgehead atoms. The Hall–Kier alpha value is -1.08. The second-order valence-corrected chi connectivity index (χ2v) is 4.65. The maximum atomic E-state index is 6.09. The van der Waals surface area contributed by atoms with E-state index in [1.54, 1.807) is 0 Å². The molecule has 0 radical (unpaired) electrons. The Labute approximate surface area is 84.4 Å². The maximum Gasteiger partial charge on any atom is 0.111 e. The van der Waals surface area contributed by atoms with Crippen molar-refractivity contribution in [2.45, 2.75) is 32.0 Å². The van der Waals surface area contributed by atoms with Crippen LogP contribution in [0, 0.1) is 6.92 Å². The highest BCUT2D eigenvalue weighted by molar-refractivity contribution is 5.53. The molecule has 1 nitrogen and oxygen atoms in total. The standard InChI is InChI=1S/C13H14O/c1-9-5-4-6-10-11(9)13(3)8-7-12(10,2)14-13/h4-8H,1-3H3/t12-,13+/m0/s1. The van der Waals surface area contributed by atoms with Crippen LogP contribution in [0.15, 0.2) is 30.4 Å². The molecule has 0 fully saturated rings. The smallest absolute Gasteiger partial charge is 0.111 e. The Morgan fingerprint density at radius 3 is 2.50 bits per heavy atom. The Morgan fingerprint density at radius 1 is 1.07 bits per heavy atom. The van der Waals surface area contributed by atoms with Crippen LogP contribution in [0.4, 0.5) is 0 Å². The van der Waals surface area contributed by atoms with Crippen LogP contribution in [0.1, 0.15) is 30.5 Å². The molecule has 2 atom stereocenters. The van der Waals surface area contributed by atoms with Crippen molar-refractivity contribution in [3.05, 3.63) is 47.0 Å². The average Bonchev–Trinajstić information content (AvgIpc) is 2.54. The number of aryl methyl sites for hydroxylation is 1. The van der Waals surface area contributed by atoms with E-state index in [0.29, 0.717) is 0 Å². The zero-order valence-corrected chi connectivity index (χ0v) is 8.79. The first-order valence-corrected chi connectivity index (χ1v) is 5.06. The van der Waals surface area contributed by atoms with E-state index >= 15 is 0 Å². The zero-order valence-electron chi connectivity index (χ0n) is 8.79. The van der Waals surface area contributed by atoms with E-state index in [-0.39, 0.29) is 11.2 Å². The van der Waals surface area contributed by atoms with E-state index in [0.717, 1.165) is 0 Å². The molecule has 0 spiro atoms. The van der Waals surface area contributed by atoms with Crippen LogP contribution < -0.4 is 0 Å². The summed E-state index contributed by atoms with van der Waals surface area (Å²) in [6, 6.07) is 6.45. The van der Waals surface area contributed by atoms with Crippen molar-refractivity contribution in [2.24, 2.45) is 0 Å². The molecule has 14 heavy (non-hydrogen) atoms. The first kappa shape index (κ1) is 8.25. The molecule has 0 N–H and O–H groups in total. The van der Waals surface area contributed by atoms with Gasteiger partial charge in [-0.3, -0.25) is 0 Å². The van der Waals surface area contributed by atoms with Gasteiger partial charge in [0.15, 0.2) is 0 Å². The number of rotatable bonds is 0. The first-order valence-electron chi connectivity index (χ1n) is 5.06. The topological polar surface area (TPSA) is 9.23 Å². The van der Waals surface area contributed by atoms with Crippen LogP contribution in [0.2, 0.25) is 0 Å². The van der Waals surface area contributed by atoms with Gasteiger partial charge in [0.1, 0.15) is 11.2 Å². The quantitative estimate of drug-likeness (QED) is 0.566. The second-order valence-electron chi connectivity index (χ2n) is 4.65. The highest BCUT2D eigenvalue weighted by Gasteiger charge is 2.50. The third kappa shape index (κ3) is 0.747. The molecule has 0 aliphatic carbocycles. The van der Waals surface area contributed by atoms with Crippen molar-refractivity contribution in [1.29, 1.82) is 0 Å². The molecule has 1 heteroatoms. The van der Waals surface area contributed by atoms with Gasteiger partial charge < -0.3 is 4.74 Å². The molecule has 2 aliphatic heterocycles. The number of ether oxygens (including phenoxy) is 1. The SMILES string of the molecule is Cc1cccc2c1[C@@]1(C)C=C[C@]2(C)O1. The third-order valence-electron chi connectivity index (χ3n) is 3.45. The molecule has 1 aromatic carbocycles. The van der Waals surface area contributed by atoms with Gasteiger partial charge in [0.05, 0.1) is 0 Å². The molecule has 2 aliphatic rings. The van der Waals surface area contributed by atoms with Gasteiger partial charge >= 0.3 is 0 Å². The van der Waals surface area contributed by atoms with Gasteiger partial charge in [0.25, 0.3) is 0 Å². The molecule has 0 aromatic heterocycles. The predicted molar refractivity (Wildman–Crippen MR) is 56.1 cm³/mol. The molecule has 2 heterocycles. The summed E-state index contributed by atoms with van der Waals surface area (Å²) in [6.07, 6.45) is 4.36. The van der Waals surface area contributed by atoms with E-state index < -0.39 is 0 Å². The Morgan fingerprint density at radius 2 is 1.79 bits per heavy atom. The number of benzene rings is 1. The second kappa shape index (κ2) is 2.12. The lowest BCUT2D eigenvalue weighted by Crippen LogP contribution is -2.17. The number of hydrogen-bond donors (Lipinski definition) is 0. The fraction of sp³-hybridized carbons (Fsp3) is 0.385. The normalized spacial score (nSPS) is 37.6. The van der Waals surface area contributed by atoms with Gasteiger partial charge in [-0.1, -0.05) is 18.2 Å². The summed E-state index contributed by atoms with van der Waals surface area (Å²) < 4.78 is 6.09. The summed E-state index contributed by atoms with van der Waals surface area (Å²) in [5.41, 5.74) is 3.66. The fourth-order valence-corrected chi connectivity index (χ4v) is 2.85. The molecule has 1 aromatic rings.